The molecule has 1 N–H and O–H groups in total. The smallest absolute Gasteiger partial charge is 0.185 e. The number of pyridine rings is 1. The molecule has 5 nitrogen and oxygen atoms in total. The van der Waals surface area contributed by atoms with Crippen LogP contribution >= 0.6 is 11.3 Å². The SMILES string of the molecule is CCc1cc(CO)cc(N2CCN(c3nccs3)CC2)n1. The van der Waals surface area contributed by atoms with Crippen LogP contribution in [0, 0.1) is 0 Å². The highest BCUT2D eigenvalue weighted by molar-refractivity contribution is 7.13. The molecule has 0 amide bonds. The van der Waals surface area contributed by atoms with Gasteiger partial charge in [0.05, 0.1) is 6.61 Å². The van der Waals surface area contributed by atoms with Crippen LogP contribution in [-0.2, 0) is 13.0 Å². The Bertz CT molecular complexity index is 557. The van der Waals surface area contributed by atoms with Crippen molar-refractivity contribution in [3.63, 3.8) is 0 Å². The van der Waals surface area contributed by atoms with E-state index in [9.17, 15) is 5.11 Å². The molecular weight excluding hydrogens is 284 g/mol. The summed E-state index contributed by atoms with van der Waals surface area (Å²) in [7, 11) is 0. The zero-order chi connectivity index (χ0) is 14.7. The third kappa shape index (κ3) is 3.16. The molecule has 3 rings (SSSR count). The maximum atomic E-state index is 9.39. The minimum Gasteiger partial charge on any atom is -0.392 e. The minimum atomic E-state index is 0.0710. The van der Waals surface area contributed by atoms with E-state index >= 15 is 0 Å². The van der Waals surface area contributed by atoms with Gasteiger partial charge in [0.25, 0.3) is 0 Å². The summed E-state index contributed by atoms with van der Waals surface area (Å²) in [5.41, 5.74) is 1.98. The number of hydrogen-bond donors (Lipinski definition) is 1. The van der Waals surface area contributed by atoms with Crippen LogP contribution < -0.4 is 9.80 Å². The Hall–Kier alpha value is -1.66. The molecule has 1 fully saturated rings. The van der Waals surface area contributed by atoms with Crippen LogP contribution in [0.1, 0.15) is 18.2 Å². The lowest BCUT2D eigenvalue weighted by Gasteiger charge is -2.35. The van der Waals surface area contributed by atoms with E-state index in [0.717, 1.165) is 54.8 Å². The molecule has 0 unspecified atom stereocenters. The van der Waals surface area contributed by atoms with Gasteiger partial charge in [-0.15, -0.1) is 11.3 Å². The van der Waals surface area contributed by atoms with E-state index in [1.165, 1.54) is 0 Å². The van der Waals surface area contributed by atoms with E-state index in [1.807, 2.05) is 23.7 Å². The van der Waals surface area contributed by atoms with Crippen molar-refractivity contribution in [2.24, 2.45) is 0 Å². The van der Waals surface area contributed by atoms with Crippen LogP contribution in [0.5, 0.6) is 0 Å². The Kier molecular flexibility index (Phi) is 4.36. The second-order valence-corrected chi connectivity index (χ2v) is 6.00. The Morgan fingerprint density at radius 1 is 1.19 bits per heavy atom. The molecule has 0 bridgehead atoms. The van der Waals surface area contributed by atoms with Crippen molar-refractivity contribution in [1.82, 2.24) is 9.97 Å². The quantitative estimate of drug-likeness (QED) is 0.935. The van der Waals surface area contributed by atoms with Crippen molar-refractivity contribution >= 4 is 22.3 Å². The first-order valence-electron chi connectivity index (χ1n) is 7.30. The summed E-state index contributed by atoms with van der Waals surface area (Å²) in [5.74, 6) is 0.984. The number of nitrogens with zero attached hydrogens (tertiary/aromatic N) is 4. The van der Waals surface area contributed by atoms with E-state index in [4.69, 9.17) is 4.98 Å². The average molecular weight is 304 g/mol. The molecule has 1 saturated heterocycles. The number of piperazine rings is 1. The average Bonchev–Trinajstić information content (AvgIpc) is 3.09. The van der Waals surface area contributed by atoms with Crippen LogP contribution in [0.25, 0.3) is 0 Å². The Balaban J connectivity index is 1.71. The number of rotatable bonds is 4. The van der Waals surface area contributed by atoms with Crippen LogP contribution in [0.2, 0.25) is 0 Å². The zero-order valence-corrected chi connectivity index (χ0v) is 13.0. The molecule has 0 spiro atoms. The van der Waals surface area contributed by atoms with Gasteiger partial charge < -0.3 is 14.9 Å². The van der Waals surface area contributed by atoms with E-state index in [1.54, 1.807) is 11.3 Å². The highest BCUT2D eigenvalue weighted by Crippen LogP contribution is 2.22. The van der Waals surface area contributed by atoms with Gasteiger partial charge in [-0.2, -0.15) is 0 Å². The fourth-order valence-electron chi connectivity index (χ4n) is 2.57. The first kappa shape index (κ1) is 14.3. The Morgan fingerprint density at radius 3 is 2.57 bits per heavy atom. The van der Waals surface area contributed by atoms with Gasteiger partial charge in [0.1, 0.15) is 5.82 Å². The predicted molar refractivity (Wildman–Crippen MR) is 86.1 cm³/mol. The van der Waals surface area contributed by atoms with E-state index < -0.39 is 0 Å². The van der Waals surface area contributed by atoms with Crippen LogP contribution in [0.4, 0.5) is 10.9 Å². The minimum absolute atomic E-state index is 0.0710. The number of aromatic nitrogens is 2. The lowest BCUT2D eigenvalue weighted by molar-refractivity contribution is 0.281. The molecule has 0 radical (unpaired) electrons. The monoisotopic (exact) mass is 304 g/mol. The molecule has 0 aromatic carbocycles. The lowest BCUT2D eigenvalue weighted by atomic mass is 10.2. The number of anilines is 2. The summed E-state index contributed by atoms with van der Waals surface area (Å²) in [5, 5.41) is 12.5. The molecular formula is C15H20N4OS. The molecule has 6 heteroatoms. The summed E-state index contributed by atoms with van der Waals surface area (Å²) in [4.78, 5) is 13.7. The van der Waals surface area contributed by atoms with E-state index in [0.29, 0.717) is 0 Å². The van der Waals surface area contributed by atoms with E-state index in [-0.39, 0.29) is 6.61 Å². The van der Waals surface area contributed by atoms with E-state index in [2.05, 4.69) is 21.7 Å². The highest BCUT2D eigenvalue weighted by Gasteiger charge is 2.20. The normalized spacial score (nSPS) is 15.5. The molecule has 2 aromatic heterocycles. The lowest BCUT2D eigenvalue weighted by Crippen LogP contribution is -2.46. The van der Waals surface area contributed by atoms with Gasteiger partial charge in [0.15, 0.2) is 5.13 Å². The van der Waals surface area contributed by atoms with Crippen molar-refractivity contribution in [3.8, 4) is 0 Å². The van der Waals surface area contributed by atoms with Crippen LogP contribution in [0.15, 0.2) is 23.7 Å². The second-order valence-electron chi connectivity index (χ2n) is 5.13. The molecule has 2 aromatic rings. The summed E-state index contributed by atoms with van der Waals surface area (Å²) >= 11 is 1.69. The molecule has 112 valence electrons. The first-order valence-corrected chi connectivity index (χ1v) is 8.18. The summed E-state index contributed by atoms with van der Waals surface area (Å²) in [6.07, 6.45) is 2.74. The van der Waals surface area contributed by atoms with Crippen molar-refractivity contribution in [3.05, 3.63) is 35.0 Å². The summed E-state index contributed by atoms with van der Waals surface area (Å²) < 4.78 is 0. The van der Waals surface area contributed by atoms with Gasteiger partial charge in [0.2, 0.25) is 0 Å². The number of hydrogen-bond acceptors (Lipinski definition) is 6. The molecule has 21 heavy (non-hydrogen) atoms. The third-order valence-electron chi connectivity index (χ3n) is 3.76. The van der Waals surface area contributed by atoms with Crippen LogP contribution in [-0.4, -0.2) is 41.3 Å². The molecule has 0 aliphatic carbocycles. The maximum Gasteiger partial charge on any atom is 0.185 e. The van der Waals surface area contributed by atoms with Gasteiger partial charge >= 0.3 is 0 Å². The number of aliphatic hydroxyl groups excluding tert-OH is 1. The maximum absolute atomic E-state index is 9.39. The van der Waals surface area contributed by atoms with Crippen molar-refractivity contribution < 1.29 is 5.11 Å². The van der Waals surface area contributed by atoms with Crippen LogP contribution in [0.3, 0.4) is 0 Å². The molecule has 1 aliphatic heterocycles. The van der Waals surface area contributed by atoms with Crippen molar-refractivity contribution in [1.29, 1.82) is 0 Å². The fraction of sp³-hybridized carbons (Fsp3) is 0.467. The standard InChI is InChI=1S/C15H20N4OS/c1-2-13-9-12(11-20)10-14(17-13)18-4-6-19(7-5-18)15-16-3-8-21-15/h3,8-10,20H,2,4-7,11H2,1H3. The van der Waals surface area contributed by atoms with Gasteiger partial charge in [0, 0.05) is 43.4 Å². The number of thiazole rings is 1. The molecule has 3 heterocycles. The molecule has 0 saturated carbocycles. The van der Waals surface area contributed by atoms with Gasteiger partial charge in [-0.1, -0.05) is 6.92 Å². The molecule has 1 aliphatic rings. The van der Waals surface area contributed by atoms with Gasteiger partial charge in [-0.05, 0) is 24.1 Å². The topological polar surface area (TPSA) is 52.5 Å². The summed E-state index contributed by atoms with van der Waals surface area (Å²) in [6, 6.07) is 3.98. The fourth-order valence-corrected chi connectivity index (χ4v) is 3.26. The number of aliphatic hydroxyl groups is 1. The Labute approximate surface area is 128 Å². The predicted octanol–water partition coefficient (Wildman–Crippen LogP) is 1.92. The summed E-state index contributed by atoms with van der Waals surface area (Å²) in [6.45, 7) is 5.95. The van der Waals surface area contributed by atoms with Gasteiger partial charge in [-0.25, -0.2) is 9.97 Å². The van der Waals surface area contributed by atoms with Gasteiger partial charge in [-0.3, -0.25) is 0 Å². The third-order valence-corrected chi connectivity index (χ3v) is 4.60. The second kappa shape index (κ2) is 6.41. The van der Waals surface area contributed by atoms with Crippen molar-refractivity contribution in [2.45, 2.75) is 20.0 Å². The highest BCUT2D eigenvalue weighted by atomic mass is 32.1. The number of aryl methyl sites for hydroxylation is 1. The zero-order valence-electron chi connectivity index (χ0n) is 12.2. The molecule has 0 atom stereocenters. The largest absolute Gasteiger partial charge is 0.392 e. The Morgan fingerprint density at radius 2 is 1.95 bits per heavy atom. The first-order chi connectivity index (χ1) is 10.3. The van der Waals surface area contributed by atoms with Crippen molar-refractivity contribution in [2.75, 3.05) is 36.0 Å².